The number of thioether (sulfide) groups is 1. The number of ether oxygens (including phenoxy) is 3. The first-order valence-corrected chi connectivity index (χ1v) is 11.5. The number of fused-ring (bicyclic) bond motifs is 1. The van der Waals surface area contributed by atoms with Crippen LogP contribution < -0.4 is 19.5 Å². The van der Waals surface area contributed by atoms with Gasteiger partial charge in [-0.3, -0.25) is 9.36 Å². The third kappa shape index (κ3) is 4.99. The third-order valence-corrected chi connectivity index (χ3v) is 5.82. The highest BCUT2D eigenvalue weighted by Crippen LogP contribution is 2.35. The second kappa shape index (κ2) is 9.95. The van der Waals surface area contributed by atoms with E-state index in [1.807, 2.05) is 41.0 Å². The van der Waals surface area contributed by atoms with Gasteiger partial charge in [0.25, 0.3) is 0 Å². The molecule has 1 N–H and O–H groups in total. The molecule has 0 bridgehead atoms. The van der Waals surface area contributed by atoms with Crippen molar-refractivity contribution in [2.45, 2.75) is 31.5 Å². The van der Waals surface area contributed by atoms with Gasteiger partial charge in [0.2, 0.25) is 5.91 Å². The van der Waals surface area contributed by atoms with Gasteiger partial charge in [0.05, 0.1) is 26.1 Å². The predicted molar refractivity (Wildman–Crippen MR) is 124 cm³/mol. The first kappa shape index (κ1) is 22.0. The van der Waals surface area contributed by atoms with E-state index in [1.165, 1.54) is 11.8 Å². The molecule has 168 valence electrons. The summed E-state index contributed by atoms with van der Waals surface area (Å²) in [6.07, 6.45) is 0.852. The molecule has 1 aromatic heterocycles. The van der Waals surface area contributed by atoms with Crippen molar-refractivity contribution >= 4 is 23.4 Å². The summed E-state index contributed by atoms with van der Waals surface area (Å²) in [5.41, 5.74) is 1.58. The van der Waals surface area contributed by atoms with Crippen LogP contribution in [-0.4, -0.2) is 46.7 Å². The zero-order chi connectivity index (χ0) is 22.5. The molecule has 1 amide bonds. The summed E-state index contributed by atoms with van der Waals surface area (Å²) >= 11 is 1.35. The van der Waals surface area contributed by atoms with Crippen LogP contribution in [0.15, 0.2) is 47.6 Å². The topological polar surface area (TPSA) is 87.5 Å². The first-order valence-electron chi connectivity index (χ1n) is 10.5. The molecule has 1 aliphatic rings. The normalized spacial score (nSPS) is 13.0. The number of methoxy groups -OCH3 is 1. The van der Waals surface area contributed by atoms with Gasteiger partial charge in [0.15, 0.2) is 22.5 Å². The van der Waals surface area contributed by atoms with Crippen LogP contribution in [-0.2, 0) is 4.79 Å². The Bertz CT molecular complexity index is 1100. The highest BCUT2D eigenvalue weighted by molar-refractivity contribution is 7.99. The molecule has 1 aliphatic heterocycles. The molecular formula is C23H26N4O4S. The average molecular weight is 455 g/mol. The highest BCUT2D eigenvalue weighted by Gasteiger charge is 2.20. The smallest absolute Gasteiger partial charge is 0.234 e. The molecule has 0 unspecified atom stereocenters. The molecule has 0 aliphatic carbocycles. The second-order valence-corrected chi connectivity index (χ2v) is 8.49. The Balaban J connectivity index is 1.50. The van der Waals surface area contributed by atoms with Crippen LogP contribution in [0.25, 0.3) is 11.4 Å². The lowest BCUT2D eigenvalue weighted by Gasteiger charge is -2.15. The first-order chi connectivity index (χ1) is 15.5. The molecule has 9 heteroatoms. The van der Waals surface area contributed by atoms with Crippen molar-refractivity contribution in [3.63, 3.8) is 0 Å². The predicted octanol–water partition coefficient (Wildman–Crippen LogP) is 4.43. The van der Waals surface area contributed by atoms with Crippen molar-refractivity contribution in [1.29, 1.82) is 0 Å². The van der Waals surface area contributed by atoms with Gasteiger partial charge in [-0.05, 0) is 44.2 Å². The Labute approximate surface area is 191 Å². The molecule has 4 rings (SSSR count). The number of hydrogen-bond acceptors (Lipinski definition) is 7. The molecule has 0 saturated heterocycles. The maximum absolute atomic E-state index is 12.5. The molecular weight excluding hydrogens is 428 g/mol. The Kier molecular flexibility index (Phi) is 6.84. The lowest BCUT2D eigenvalue weighted by Crippen LogP contribution is -2.15. The van der Waals surface area contributed by atoms with Crippen LogP contribution in [0.1, 0.15) is 26.3 Å². The molecule has 0 atom stereocenters. The van der Waals surface area contributed by atoms with Crippen molar-refractivity contribution in [2.24, 2.45) is 0 Å². The molecule has 0 fully saturated rings. The molecule has 2 aromatic carbocycles. The zero-order valence-electron chi connectivity index (χ0n) is 18.3. The van der Waals surface area contributed by atoms with Gasteiger partial charge < -0.3 is 19.5 Å². The van der Waals surface area contributed by atoms with Crippen molar-refractivity contribution in [2.75, 3.05) is 31.4 Å². The maximum atomic E-state index is 12.5. The maximum Gasteiger partial charge on any atom is 0.234 e. The lowest BCUT2D eigenvalue weighted by atomic mass is 10.2. The van der Waals surface area contributed by atoms with Crippen LogP contribution in [0, 0.1) is 0 Å². The number of rotatable bonds is 7. The minimum absolute atomic E-state index is 0.111. The zero-order valence-corrected chi connectivity index (χ0v) is 19.1. The van der Waals surface area contributed by atoms with Gasteiger partial charge in [-0.15, -0.1) is 10.2 Å². The quantitative estimate of drug-likeness (QED) is 0.529. The number of anilines is 1. The van der Waals surface area contributed by atoms with Crippen molar-refractivity contribution in [3.8, 4) is 28.6 Å². The van der Waals surface area contributed by atoms with Crippen LogP contribution in [0.4, 0.5) is 5.69 Å². The van der Waals surface area contributed by atoms with Gasteiger partial charge in [-0.2, -0.15) is 0 Å². The van der Waals surface area contributed by atoms with E-state index in [0.29, 0.717) is 35.6 Å². The number of nitrogens with one attached hydrogen (secondary N) is 1. The summed E-state index contributed by atoms with van der Waals surface area (Å²) in [6, 6.07) is 13.2. The summed E-state index contributed by atoms with van der Waals surface area (Å²) in [5, 5.41) is 12.3. The number of benzene rings is 2. The van der Waals surface area contributed by atoms with E-state index in [1.54, 1.807) is 13.2 Å². The Morgan fingerprint density at radius 2 is 1.97 bits per heavy atom. The van der Waals surface area contributed by atoms with E-state index < -0.39 is 0 Å². The Hall–Kier alpha value is -3.20. The lowest BCUT2D eigenvalue weighted by molar-refractivity contribution is -0.113. The van der Waals surface area contributed by atoms with Gasteiger partial charge in [0, 0.05) is 29.8 Å². The van der Waals surface area contributed by atoms with Gasteiger partial charge in [-0.25, -0.2) is 0 Å². The van der Waals surface area contributed by atoms with E-state index in [9.17, 15) is 4.79 Å². The molecule has 0 spiro atoms. The fraction of sp³-hybridized carbons (Fsp3) is 0.348. The van der Waals surface area contributed by atoms with Gasteiger partial charge in [0.1, 0.15) is 5.75 Å². The average Bonchev–Trinajstić information content (AvgIpc) is 3.08. The van der Waals surface area contributed by atoms with E-state index in [0.717, 1.165) is 23.6 Å². The summed E-state index contributed by atoms with van der Waals surface area (Å²) < 4.78 is 18.8. The van der Waals surface area contributed by atoms with Crippen LogP contribution in [0.2, 0.25) is 0 Å². The van der Waals surface area contributed by atoms with Crippen molar-refractivity contribution in [3.05, 3.63) is 42.5 Å². The third-order valence-electron chi connectivity index (χ3n) is 4.87. The van der Waals surface area contributed by atoms with Crippen LogP contribution in [0.3, 0.4) is 0 Å². The number of carbonyl (C=O) groups is 1. The monoisotopic (exact) mass is 454 g/mol. The van der Waals surface area contributed by atoms with E-state index in [4.69, 9.17) is 14.2 Å². The largest absolute Gasteiger partial charge is 0.497 e. The molecule has 8 nitrogen and oxygen atoms in total. The number of carbonyl (C=O) groups excluding carboxylic acids is 1. The number of hydrogen-bond donors (Lipinski definition) is 1. The fourth-order valence-electron chi connectivity index (χ4n) is 3.37. The number of amides is 1. The van der Waals surface area contributed by atoms with Crippen LogP contribution in [0.5, 0.6) is 17.2 Å². The minimum Gasteiger partial charge on any atom is -0.497 e. The summed E-state index contributed by atoms with van der Waals surface area (Å²) in [4.78, 5) is 12.5. The number of nitrogens with zero attached hydrogens (tertiary/aromatic N) is 3. The Morgan fingerprint density at radius 3 is 2.75 bits per heavy atom. The van der Waals surface area contributed by atoms with E-state index in [-0.39, 0.29) is 17.7 Å². The summed E-state index contributed by atoms with van der Waals surface area (Å²) in [6.45, 7) is 5.40. The van der Waals surface area contributed by atoms with Gasteiger partial charge >= 0.3 is 0 Å². The number of aromatic nitrogens is 3. The highest BCUT2D eigenvalue weighted by atomic mass is 32.2. The molecule has 2 heterocycles. The van der Waals surface area contributed by atoms with Crippen molar-refractivity contribution < 1.29 is 19.0 Å². The van der Waals surface area contributed by atoms with E-state index in [2.05, 4.69) is 29.4 Å². The standard InChI is InChI=1S/C23H26N4O4S/c1-15(2)27-22(16-8-9-19-20(12-16)31-11-5-10-30-19)25-26-23(27)32-14-21(28)24-17-6-4-7-18(13-17)29-3/h4,6-9,12-13,15H,5,10-11,14H2,1-3H3,(H,24,28). The van der Waals surface area contributed by atoms with Crippen molar-refractivity contribution in [1.82, 2.24) is 14.8 Å². The van der Waals surface area contributed by atoms with Crippen LogP contribution >= 0.6 is 11.8 Å². The SMILES string of the molecule is COc1cccc(NC(=O)CSc2nnc(-c3ccc4c(c3)OCCCO4)n2C(C)C)c1. The molecule has 0 radical (unpaired) electrons. The fourth-order valence-corrected chi connectivity index (χ4v) is 4.24. The molecule has 3 aromatic rings. The van der Waals surface area contributed by atoms with Gasteiger partial charge in [-0.1, -0.05) is 17.8 Å². The molecule has 0 saturated carbocycles. The van der Waals surface area contributed by atoms with E-state index >= 15 is 0 Å². The summed E-state index contributed by atoms with van der Waals surface area (Å²) in [5.74, 6) is 2.96. The minimum atomic E-state index is -0.126. The Morgan fingerprint density at radius 1 is 1.16 bits per heavy atom. The second-order valence-electron chi connectivity index (χ2n) is 7.55. The summed E-state index contributed by atoms with van der Waals surface area (Å²) in [7, 11) is 1.59. The molecule has 32 heavy (non-hydrogen) atoms.